The van der Waals surface area contributed by atoms with E-state index in [0.717, 1.165) is 32.5 Å². The second kappa shape index (κ2) is 6.02. The number of likely N-dealkylation sites (tertiary alicyclic amines) is 1. The van der Waals surface area contributed by atoms with Crippen molar-refractivity contribution in [3.8, 4) is 0 Å². The lowest BCUT2D eigenvalue weighted by atomic mass is 10.0. The van der Waals surface area contributed by atoms with Crippen molar-refractivity contribution in [3.63, 3.8) is 0 Å². The fourth-order valence-electron chi connectivity index (χ4n) is 2.54. The molecule has 104 valence electrons. The van der Waals surface area contributed by atoms with Crippen LogP contribution >= 0.6 is 0 Å². The summed E-state index contributed by atoms with van der Waals surface area (Å²) in [4.78, 5) is 13.4. The van der Waals surface area contributed by atoms with Crippen LogP contribution in [0.25, 0.3) is 0 Å². The molecule has 4 nitrogen and oxygen atoms in total. The topological polar surface area (TPSA) is 52.6 Å². The maximum atomic E-state index is 13.6. The minimum Gasteiger partial charge on any atom is -0.478 e. The molecule has 2 rings (SSSR count). The fourth-order valence-corrected chi connectivity index (χ4v) is 2.54. The van der Waals surface area contributed by atoms with Crippen molar-refractivity contribution < 1.29 is 14.3 Å². The fraction of sp³-hybridized carbons (Fsp3) is 0.500. The van der Waals surface area contributed by atoms with Gasteiger partial charge in [0.05, 0.1) is 5.69 Å². The molecule has 0 aliphatic carbocycles. The van der Waals surface area contributed by atoms with E-state index in [-0.39, 0.29) is 11.6 Å². The molecule has 1 aliphatic heterocycles. The van der Waals surface area contributed by atoms with Crippen molar-refractivity contribution in [2.24, 2.45) is 0 Å². The lowest BCUT2D eigenvalue weighted by Gasteiger charge is -2.33. The molecular weight excluding hydrogens is 247 g/mol. The number of piperidine rings is 1. The number of likely N-dealkylation sites (N-methyl/N-ethyl adjacent to an activating group) is 1. The molecule has 1 heterocycles. The highest BCUT2D eigenvalue weighted by Gasteiger charge is 2.22. The average Bonchev–Trinajstić information content (AvgIpc) is 2.38. The minimum absolute atomic E-state index is 0.175. The third-order valence-corrected chi connectivity index (χ3v) is 3.54. The number of carbonyl (C=O) groups is 1. The van der Waals surface area contributed by atoms with Crippen molar-refractivity contribution in [1.82, 2.24) is 4.90 Å². The second-order valence-electron chi connectivity index (χ2n) is 4.84. The second-order valence-corrected chi connectivity index (χ2v) is 4.84. The lowest BCUT2D eigenvalue weighted by Crippen LogP contribution is -2.42. The lowest BCUT2D eigenvalue weighted by molar-refractivity contribution is 0.0693. The van der Waals surface area contributed by atoms with E-state index in [2.05, 4.69) is 17.1 Å². The molecule has 0 radical (unpaired) electrons. The molecule has 0 amide bonds. The Hall–Kier alpha value is -1.62. The van der Waals surface area contributed by atoms with Gasteiger partial charge in [-0.2, -0.15) is 0 Å². The van der Waals surface area contributed by atoms with Gasteiger partial charge in [-0.05, 0) is 38.1 Å². The molecule has 0 spiro atoms. The number of rotatable bonds is 4. The van der Waals surface area contributed by atoms with E-state index in [0.29, 0.717) is 5.69 Å². The number of anilines is 1. The van der Waals surface area contributed by atoms with E-state index in [4.69, 9.17) is 5.11 Å². The van der Waals surface area contributed by atoms with Gasteiger partial charge in [-0.15, -0.1) is 0 Å². The third-order valence-electron chi connectivity index (χ3n) is 3.54. The van der Waals surface area contributed by atoms with Gasteiger partial charge < -0.3 is 15.3 Å². The summed E-state index contributed by atoms with van der Waals surface area (Å²) in [5.41, 5.74) is 0.103. The predicted molar refractivity (Wildman–Crippen MR) is 72.1 cm³/mol. The number of hydrogen-bond acceptors (Lipinski definition) is 3. The highest BCUT2D eigenvalue weighted by Crippen LogP contribution is 2.22. The van der Waals surface area contributed by atoms with Crippen LogP contribution in [0.1, 0.15) is 30.1 Å². The first-order chi connectivity index (χ1) is 9.11. The van der Waals surface area contributed by atoms with E-state index in [9.17, 15) is 9.18 Å². The van der Waals surface area contributed by atoms with Crippen molar-refractivity contribution >= 4 is 11.7 Å². The number of nitrogens with one attached hydrogen (secondary N) is 1. The minimum atomic E-state index is -1.23. The zero-order valence-electron chi connectivity index (χ0n) is 11.0. The quantitative estimate of drug-likeness (QED) is 0.878. The zero-order valence-corrected chi connectivity index (χ0v) is 11.0. The summed E-state index contributed by atoms with van der Waals surface area (Å²) in [5, 5.41) is 12.3. The van der Waals surface area contributed by atoms with E-state index >= 15 is 0 Å². The van der Waals surface area contributed by atoms with Crippen LogP contribution in [0.3, 0.4) is 0 Å². The molecule has 0 aromatic heterocycles. The molecule has 2 N–H and O–H groups in total. The molecule has 1 atom stereocenters. The highest BCUT2D eigenvalue weighted by molar-refractivity contribution is 5.94. The number of aromatic carboxylic acids is 1. The Balaban J connectivity index is 2.14. The van der Waals surface area contributed by atoms with Gasteiger partial charge in [-0.25, -0.2) is 9.18 Å². The van der Waals surface area contributed by atoms with Crippen LogP contribution in [0.15, 0.2) is 18.2 Å². The van der Waals surface area contributed by atoms with E-state index < -0.39 is 11.8 Å². The first-order valence-corrected chi connectivity index (χ1v) is 6.62. The van der Waals surface area contributed by atoms with Gasteiger partial charge in [-0.3, -0.25) is 0 Å². The Kier molecular flexibility index (Phi) is 4.37. The summed E-state index contributed by atoms with van der Waals surface area (Å²) in [6.45, 7) is 5.02. The molecule has 1 fully saturated rings. The third kappa shape index (κ3) is 3.23. The number of carboxylic acid groups (broad SMARTS) is 1. The van der Waals surface area contributed by atoms with Crippen molar-refractivity contribution in [1.29, 1.82) is 0 Å². The van der Waals surface area contributed by atoms with Crippen LogP contribution in [0.2, 0.25) is 0 Å². The highest BCUT2D eigenvalue weighted by atomic mass is 19.1. The first-order valence-electron chi connectivity index (χ1n) is 6.62. The van der Waals surface area contributed by atoms with Crippen LogP contribution in [0, 0.1) is 5.82 Å². The first kappa shape index (κ1) is 13.8. The Morgan fingerprint density at radius 2 is 2.37 bits per heavy atom. The van der Waals surface area contributed by atoms with Crippen LogP contribution in [-0.4, -0.2) is 41.7 Å². The van der Waals surface area contributed by atoms with Gasteiger partial charge in [-0.1, -0.05) is 13.0 Å². The maximum absolute atomic E-state index is 13.6. The van der Waals surface area contributed by atoms with Crippen molar-refractivity contribution in [2.45, 2.75) is 25.8 Å². The maximum Gasteiger partial charge on any atom is 0.340 e. The van der Waals surface area contributed by atoms with Crippen molar-refractivity contribution in [2.75, 3.05) is 25.0 Å². The smallest absolute Gasteiger partial charge is 0.340 e. The number of hydrogen-bond donors (Lipinski definition) is 2. The standard InChI is InChI=1S/C14H19FN2O2/c1-2-17-8-4-5-10(9-17)16-12-7-3-6-11(15)13(12)14(18)19/h3,6-7,10,16H,2,4-5,8-9H2,1H3,(H,18,19). The Morgan fingerprint density at radius 1 is 1.58 bits per heavy atom. The Morgan fingerprint density at radius 3 is 3.05 bits per heavy atom. The van der Waals surface area contributed by atoms with Gasteiger partial charge in [0.15, 0.2) is 0 Å². The zero-order chi connectivity index (χ0) is 13.8. The summed E-state index contributed by atoms with van der Waals surface area (Å²) in [7, 11) is 0. The largest absolute Gasteiger partial charge is 0.478 e. The van der Waals surface area contributed by atoms with Gasteiger partial charge >= 0.3 is 5.97 Å². The predicted octanol–water partition coefficient (Wildman–Crippen LogP) is 2.42. The Bertz CT molecular complexity index is 465. The SMILES string of the molecule is CCN1CCCC(Nc2cccc(F)c2C(=O)O)C1. The molecule has 0 bridgehead atoms. The van der Waals surface area contributed by atoms with Gasteiger partial charge in [0.1, 0.15) is 11.4 Å². The van der Waals surface area contributed by atoms with Gasteiger partial charge in [0, 0.05) is 12.6 Å². The van der Waals surface area contributed by atoms with Crippen LogP contribution < -0.4 is 5.32 Å². The molecular formula is C14H19FN2O2. The summed E-state index contributed by atoms with van der Waals surface area (Å²) >= 11 is 0. The van der Waals surface area contributed by atoms with Crippen LogP contribution in [0.4, 0.5) is 10.1 Å². The van der Waals surface area contributed by atoms with E-state index in [1.54, 1.807) is 6.07 Å². The molecule has 1 aromatic carbocycles. The molecule has 1 saturated heterocycles. The summed E-state index contributed by atoms with van der Waals surface area (Å²) in [5.74, 6) is -1.93. The summed E-state index contributed by atoms with van der Waals surface area (Å²) in [6.07, 6.45) is 2.05. The molecule has 5 heteroatoms. The number of halogens is 1. The van der Waals surface area contributed by atoms with E-state index in [1.165, 1.54) is 12.1 Å². The van der Waals surface area contributed by atoms with Crippen LogP contribution in [-0.2, 0) is 0 Å². The van der Waals surface area contributed by atoms with Crippen molar-refractivity contribution in [3.05, 3.63) is 29.6 Å². The summed E-state index contributed by atoms with van der Waals surface area (Å²) in [6, 6.07) is 4.50. The molecule has 1 aliphatic rings. The molecule has 1 unspecified atom stereocenters. The van der Waals surface area contributed by atoms with E-state index in [1.807, 2.05) is 0 Å². The van der Waals surface area contributed by atoms with Gasteiger partial charge in [0.2, 0.25) is 0 Å². The molecule has 19 heavy (non-hydrogen) atoms. The average molecular weight is 266 g/mol. The number of carboxylic acids is 1. The van der Waals surface area contributed by atoms with Gasteiger partial charge in [0.25, 0.3) is 0 Å². The molecule has 1 aromatic rings. The normalized spacial score (nSPS) is 20.2. The number of benzene rings is 1. The molecule has 0 saturated carbocycles. The summed E-state index contributed by atoms with van der Waals surface area (Å²) < 4.78 is 13.6. The number of nitrogens with zero attached hydrogens (tertiary/aromatic N) is 1. The monoisotopic (exact) mass is 266 g/mol. The Labute approximate surface area is 112 Å². The van der Waals surface area contributed by atoms with Crippen LogP contribution in [0.5, 0.6) is 0 Å².